The van der Waals surface area contributed by atoms with Gasteiger partial charge in [-0.25, -0.2) is 4.79 Å². The van der Waals surface area contributed by atoms with Crippen LogP contribution in [0.15, 0.2) is 18.2 Å². The third-order valence-electron chi connectivity index (χ3n) is 6.50. The molecule has 2 rings (SSSR count). The number of halogens is 2. The first-order valence-corrected chi connectivity index (χ1v) is 14.3. The van der Waals surface area contributed by atoms with Crippen molar-refractivity contribution in [3.05, 3.63) is 33.8 Å². The molecule has 11 heteroatoms. The first kappa shape index (κ1) is 30.8. The molecule has 0 saturated heterocycles. The van der Waals surface area contributed by atoms with Gasteiger partial charge in [0.05, 0.1) is 21.5 Å². The van der Waals surface area contributed by atoms with Crippen LogP contribution in [-0.2, 0) is 18.8 Å². The Kier molecular flexibility index (Phi) is 11.9. The van der Waals surface area contributed by atoms with Gasteiger partial charge in [0.1, 0.15) is 6.23 Å². The summed E-state index contributed by atoms with van der Waals surface area (Å²) in [5.74, 6) is -0.0288. The first-order valence-electron chi connectivity index (χ1n) is 12.2. The second-order valence-electron chi connectivity index (χ2n) is 10.5. The van der Waals surface area contributed by atoms with Crippen molar-refractivity contribution in [2.75, 3.05) is 13.0 Å². The molecule has 0 heterocycles. The molecule has 1 amide bonds. The average Bonchev–Trinajstić information content (AvgIpc) is 2.78. The normalized spacial score (nSPS) is 20.3. The molecule has 1 saturated carbocycles. The number of hydrogen-bond donors (Lipinski definition) is 2. The van der Waals surface area contributed by atoms with Gasteiger partial charge in [0.15, 0.2) is 6.16 Å². The Balaban J connectivity index is 2.10. The number of ether oxygens (including phenoxy) is 2. The summed E-state index contributed by atoms with van der Waals surface area (Å²) in [7, 11) is -2.17. The lowest BCUT2D eigenvalue weighted by atomic mass is 9.80. The number of aliphatic hydroxyl groups is 1. The van der Waals surface area contributed by atoms with Crippen LogP contribution in [0.1, 0.15) is 77.8 Å². The number of amides is 1. The third kappa shape index (κ3) is 9.46. The molecule has 2 N–H and O–H groups in total. The lowest BCUT2D eigenvalue weighted by Gasteiger charge is -2.34. The number of rotatable bonds is 10. The van der Waals surface area contributed by atoms with E-state index in [-0.39, 0.29) is 5.92 Å². The molecule has 0 spiro atoms. The molecule has 1 aliphatic carbocycles. The number of esters is 1. The van der Waals surface area contributed by atoms with Gasteiger partial charge in [-0.05, 0) is 81.6 Å². The Morgan fingerprint density at radius 3 is 2.44 bits per heavy atom. The predicted molar refractivity (Wildman–Crippen MR) is 139 cm³/mol. The number of nitrogens with zero attached hydrogens (tertiary/aromatic N) is 1. The fourth-order valence-electron chi connectivity index (χ4n) is 4.47. The minimum absolute atomic E-state index is 0.197. The molecule has 0 bridgehead atoms. The number of carbonyl (C=O) groups excluding carboxylic acids is 2. The summed E-state index contributed by atoms with van der Waals surface area (Å²) < 4.78 is 21.5. The van der Waals surface area contributed by atoms with E-state index in [2.05, 4.69) is 0 Å². The molecule has 4 unspecified atom stereocenters. The molecular formula is C25H37Cl2NO7P+. The van der Waals surface area contributed by atoms with E-state index in [4.69, 9.17) is 32.7 Å². The van der Waals surface area contributed by atoms with E-state index in [9.17, 15) is 24.2 Å². The summed E-state index contributed by atoms with van der Waals surface area (Å²) in [5, 5.41) is 11.8. The van der Waals surface area contributed by atoms with Gasteiger partial charge in [0.25, 0.3) is 0 Å². The van der Waals surface area contributed by atoms with Crippen LogP contribution in [0.25, 0.3) is 0 Å². The number of benzene rings is 1. The van der Waals surface area contributed by atoms with E-state index >= 15 is 0 Å². The lowest BCUT2D eigenvalue weighted by molar-refractivity contribution is -0.162. The molecule has 8 nitrogen and oxygen atoms in total. The summed E-state index contributed by atoms with van der Waals surface area (Å²) in [5.41, 5.74) is -0.100. The molecule has 1 aromatic carbocycles. The van der Waals surface area contributed by atoms with Gasteiger partial charge >= 0.3 is 20.1 Å². The SMILES string of the molecule is C[C@H](c1ccc(Cl)c(Cl)c1)N(C(=O)OCOC(=O)C(C)(C)C)C(O)CCC1CCCC(C[P+](=O)O)C1. The van der Waals surface area contributed by atoms with Crippen molar-refractivity contribution in [3.63, 3.8) is 0 Å². The zero-order chi connectivity index (χ0) is 27.0. The molecule has 36 heavy (non-hydrogen) atoms. The van der Waals surface area contributed by atoms with Crippen LogP contribution in [0.4, 0.5) is 4.79 Å². The van der Waals surface area contributed by atoms with E-state index in [1.54, 1.807) is 45.9 Å². The highest BCUT2D eigenvalue weighted by atomic mass is 35.5. The maximum absolute atomic E-state index is 13.0. The second kappa shape index (κ2) is 13.9. The fraction of sp³-hybridized carbons (Fsp3) is 0.680. The molecule has 202 valence electrons. The zero-order valence-corrected chi connectivity index (χ0v) is 23.7. The maximum Gasteiger partial charge on any atom is 0.505 e. The van der Waals surface area contributed by atoms with Crippen LogP contribution < -0.4 is 0 Å². The Morgan fingerprint density at radius 2 is 1.83 bits per heavy atom. The first-order chi connectivity index (χ1) is 16.8. The van der Waals surface area contributed by atoms with Gasteiger partial charge in [-0.15, -0.1) is 0 Å². The van der Waals surface area contributed by atoms with Gasteiger partial charge < -0.3 is 14.6 Å². The van der Waals surface area contributed by atoms with Crippen LogP contribution in [0.3, 0.4) is 0 Å². The van der Waals surface area contributed by atoms with Crippen molar-refractivity contribution in [1.29, 1.82) is 0 Å². The second-order valence-corrected chi connectivity index (χ2v) is 12.3. The van der Waals surface area contributed by atoms with Crippen molar-refractivity contribution >= 4 is 43.3 Å². The standard InChI is InChI=1S/C25H36Cl2NO7P/c1-16(19-9-10-20(26)21(27)13-19)28(24(31)35-15-34-23(30)25(2,3)4)22(29)11-8-17-6-5-7-18(12-17)14-36(32)33/h9-10,13,16-18,22,29H,5-8,11-12,14-15H2,1-4H3/p+1/t16-,17?,18?,22?/m1/s1. The summed E-state index contributed by atoms with van der Waals surface area (Å²) in [6.45, 7) is 6.23. The van der Waals surface area contributed by atoms with Gasteiger partial charge in [0, 0.05) is 5.92 Å². The Labute approximate surface area is 224 Å². The van der Waals surface area contributed by atoms with Gasteiger partial charge in [-0.3, -0.25) is 9.69 Å². The van der Waals surface area contributed by atoms with E-state index in [1.807, 2.05) is 0 Å². The largest absolute Gasteiger partial charge is 0.505 e. The van der Waals surface area contributed by atoms with Crippen LogP contribution in [0, 0.1) is 17.3 Å². The monoisotopic (exact) mass is 564 g/mol. The Morgan fingerprint density at radius 1 is 1.17 bits per heavy atom. The molecule has 0 radical (unpaired) electrons. The number of hydrogen-bond acceptors (Lipinski definition) is 6. The highest BCUT2D eigenvalue weighted by Crippen LogP contribution is 2.37. The molecule has 1 aromatic rings. The van der Waals surface area contributed by atoms with Crippen LogP contribution in [-0.4, -0.2) is 46.1 Å². The van der Waals surface area contributed by atoms with Crippen molar-refractivity contribution in [1.82, 2.24) is 4.90 Å². The van der Waals surface area contributed by atoms with Crippen LogP contribution in [0.2, 0.25) is 10.0 Å². The van der Waals surface area contributed by atoms with Gasteiger partial charge in [-0.1, -0.05) is 42.1 Å². The molecule has 5 atom stereocenters. The minimum Gasteiger partial charge on any atom is -0.427 e. The smallest absolute Gasteiger partial charge is 0.427 e. The van der Waals surface area contributed by atoms with Crippen molar-refractivity contribution in [2.45, 2.75) is 78.5 Å². The highest BCUT2D eigenvalue weighted by Gasteiger charge is 2.33. The van der Waals surface area contributed by atoms with E-state index in [0.717, 1.165) is 25.7 Å². The van der Waals surface area contributed by atoms with Gasteiger partial charge in [0.2, 0.25) is 6.79 Å². The summed E-state index contributed by atoms with van der Waals surface area (Å²) in [6.07, 6.45) is 2.94. The summed E-state index contributed by atoms with van der Waals surface area (Å²) in [4.78, 5) is 35.5. The van der Waals surface area contributed by atoms with E-state index < -0.39 is 44.6 Å². The summed E-state index contributed by atoms with van der Waals surface area (Å²) >= 11 is 12.2. The van der Waals surface area contributed by atoms with Crippen molar-refractivity contribution in [2.24, 2.45) is 17.3 Å². The number of aliphatic hydroxyl groups excluding tert-OH is 1. The fourth-order valence-corrected chi connectivity index (χ4v) is 5.55. The molecular weight excluding hydrogens is 528 g/mol. The molecule has 0 aliphatic heterocycles. The predicted octanol–water partition coefficient (Wildman–Crippen LogP) is 6.68. The van der Waals surface area contributed by atoms with Crippen LogP contribution in [0.5, 0.6) is 0 Å². The quantitative estimate of drug-likeness (QED) is 0.185. The summed E-state index contributed by atoms with van der Waals surface area (Å²) in [6, 6.07) is 4.35. The maximum atomic E-state index is 13.0. The number of carbonyl (C=O) groups is 2. The molecule has 1 aliphatic rings. The van der Waals surface area contributed by atoms with E-state index in [0.29, 0.717) is 40.5 Å². The Hall–Kier alpha value is -1.44. The Bertz CT molecular complexity index is 924. The third-order valence-corrected chi connectivity index (χ3v) is 8.07. The van der Waals surface area contributed by atoms with Crippen LogP contribution >= 0.6 is 31.2 Å². The van der Waals surface area contributed by atoms with E-state index in [1.165, 1.54) is 4.90 Å². The minimum atomic E-state index is -2.17. The average molecular weight is 565 g/mol. The highest BCUT2D eigenvalue weighted by molar-refractivity contribution is 7.38. The van der Waals surface area contributed by atoms with Crippen molar-refractivity contribution in [3.8, 4) is 0 Å². The van der Waals surface area contributed by atoms with Crippen molar-refractivity contribution < 1.29 is 33.6 Å². The molecule has 0 aromatic heterocycles. The topological polar surface area (TPSA) is 113 Å². The molecule has 1 fully saturated rings. The zero-order valence-electron chi connectivity index (χ0n) is 21.3. The lowest BCUT2D eigenvalue weighted by Crippen LogP contribution is -2.43. The van der Waals surface area contributed by atoms with Gasteiger partial charge in [-0.2, -0.15) is 4.89 Å².